The molecule has 47 heavy (non-hydrogen) atoms. The number of methoxy groups -OCH3 is 1. The number of fused-ring (bicyclic) bond motifs is 4. The molecule has 0 saturated heterocycles. The summed E-state index contributed by atoms with van der Waals surface area (Å²) in [6.07, 6.45) is 2.74. The molecule has 2 saturated carbocycles. The zero-order chi connectivity index (χ0) is 34.1. The molecule has 8 atom stereocenters. The fourth-order valence-corrected chi connectivity index (χ4v) is 8.08. The summed E-state index contributed by atoms with van der Waals surface area (Å²) < 4.78 is 28.2. The van der Waals surface area contributed by atoms with Gasteiger partial charge in [0.2, 0.25) is 0 Å². The molecule has 0 radical (unpaired) electrons. The molecule has 8 unspecified atom stereocenters. The summed E-state index contributed by atoms with van der Waals surface area (Å²) >= 11 is 0. The zero-order valence-electron chi connectivity index (χ0n) is 27.4. The Balaban J connectivity index is 0.000000371. The molecule has 0 spiro atoms. The number of hydrogen-bond acceptors (Lipinski definition) is 11. The van der Waals surface area contributed by atoms with Gasteiger partial charge in [0.25, 0.3) is 0 Å². The molecule has 0 bridgehead atoms. The molecule has 250 valence electrons. The number of aromatic nitrogens is 1. The van der Waals surface area contributed by atoms with E-state index >= 15 is 0 Å². The number of esters is 3. The lowest BCUT2D eigenvalue weighted by atomic mass is 9.46. The van der Waals surface area contributed by atoms with E-state index in [2.05, 4.69) is 16.6 Å². The van der Waals surface area contributed by atoms with Crippen LogP contribution in [0.25, 0.3) is 11.3 Å². The lowest BCUT2D eigenvalue weighted by Crippen LogP contribution is -2.69. The van der Waals surface area contributed by atoms with Crippen LogP contribution in [0.15, 0.2) is 70.1 Å². The topological polar surface area (TPSA) is 151 Å². The summed E-state index contributed by atoms with van der Waals surface area (Å²) in [4.78, 5) is 52.1. The van der Waals surface area contributed by atoms with Gasteiger partial charge in [0.15, 0.2) is 0 Å². The Kier molecular flexibility index (Phi) is 9.58. The third-order valence-electron chi connectivity index (χ3n) is 10.1. The number of aliphatic hydroxyl groups excluding tert-OH is 1. The smallest absolute Gasteiger partial charge is 0.345 e. The molecule has 11 heteroatoms. The lowest BCUT2D eigenvalue weighted by Gasteiger charge is -2.64. The second-order valence-electron chi connectivity index (χ2n) is 13.0. The first-order valence-corrected chi connectivity index (χ1v) is 15.7. The van der Waals surface area contributed by atoms with Gasteiger partial charge < -0.3 is 28.5 Å². The number of ether oxygens (including phenoxy) is 4. The van der Waals surface area contributed by atoms with Crippen LogP contribution in [0, 0.1) is 23.2 Å². The molecule has 6 rings (SSSR count). The average Bonchev–Trinajstić information content (AvgIpc) is 3.03. The summed E-state index contributed by atoms with van der Waals surface area (Å²) in [6, 6.07) is 14.0. The molecule has 11 nitrogen and oxygen atoms in total. The standard InChI is InChI=1S/C28H33NO8.C8H8O2/c1-14-18-11-22(35-16(3)31)28(5)25(27(18,4)9-8-19(14)34-15(2)30)24(32)23-21(37-28)12-20(36-26(23)33)17-7-6-10-29-13-17;1-10-8(9)7-5-3-2-4-6-7/h6-7,10,12-14,18-19,22,24-25,32H,8-9,11H2,1-5H3;2-6H,1H3. The molecule has 2 aromatic heterocycles. The van der Waals surface area contributed by atoms with Gasteiger partial charge in [-0.25, -0.2) is 9.59 Å². The highest BCUT2D eigenvalue weighted by molar-refractivity contribution is 5.89. The van der Waals surface area contributed by atoms with Crippen LogP contribution in [0.2, 0.25) is 0 Å². The monoisotopic (exact) mass is 647 g/mol. The van der Waals surface area contributed by atoms with E-state index in [1.165, 1.54) is 21.0 Å². The molecule has 3 aromatic rings. The third-order valence-corrected chi connectivity index (χ3v) is 10.1. The molecule has 2 fully saturated rings. The molecule has 1 N–H and O–H groups in total. The Labute approximate surface area is 273 Å². The molecular formula is C36H41NO10. The van der Waals surface area contributed by atoms with E-state index in [1.807, 2.05) is 19.9 Å². The van der Waals surface area contributed by atoms with Gasteiger partial charge in [-0.05, 0) is 67.7 Å². The van der Waals surface area contributed by atoms with Crippen LogP contribution in [0.4, 0.5) is 0 Å². The van der Waals surface area contributed by atoms with Crippen molar-refractivity contribution in [3.8, 4) is 17.1 Å². The Morgan fingerprint density at radius 3 is 2.34 bits per heavy atom. The molecule has 1 aliphatic heterocycles. The quantitative estimate of drug-likeness (QED) is 0.290. The first-order chi connectivity index (χ1) is 22.3. The van der Waals surface area contributed by atoms with E-state index in [4.69, 9.17) is 18.6 Å². The Bertz CT molecular complexity index is 1670. The van der Waals surface area contributed by atoms with Gasteiger partial charge in [0, 0.05) is 43.8 Å². The minimum atomic E-state index is -1.21. The van der Waals surface area contributed by atoms with Crippen LogP contribution < -0.4 is 10.4 Å². The predicted octanol–water partition coefficient (Wildman–Crippen LogP) is 5.30. The van der Waals surface area contributed by atoms with Crippen molar-refractivity contribution < 1.29 is 42.9 Å². The van der Waals surface area contributed by atoms with Gasteiger partial charge in [-0.3, -0.25) is 14.6 Å². The van der Waals surface area contributed by atoms with Crippen LogP contribution in [0.1, 0.15) is 75.9 Å². The number of aliphatic hydroxyl groups is 1. The third kappa shape index (κ3) is 6.41. The molecule has 3 aliphatic rings. The number of benzene rings is 1. The maximum Gasteiger partial charge on any atom is 0.345 e. The van der Waals surface area contributed by atoms with Crippen molar-refractivity contribution in [2.45, 2.75) is 77.8 Å². The summed E-state index contributed by atoms with van der Waals surface area (Å²) in [5, 5.41) is 11.8. The normalized spacial score (nSPS) is 30.4. The highest BCUT2D eigenvalue weighted by atomic mass is 16.6. The second-order valence-corrected chi connectivity index (χ2v) is 13.0. The summed E-state index contributed by atoms with van der Waals surface area (Å²) in [6.45, 7) is 8.71. The first-order valence-electron chi connectivity index (χ1n) is 15.7. The van der Waals surface area contributed by atoms with Gasteiger partial charge >= 0.3 is 23.5 Å². The van der Waals surface area contributed by atoms with Crippen molar-refractivity contribution >= 4 is 17.9 Å². The largest absolute Gasteiger partial charge is 0.482 e. The number of pyridine rings is 1. The average molecular weight is 648 g/mol. The van der Waals surface area contributed by atoms with Crippen molar-refractivity contribution in [2.24, 2.45) is 23.2 Å². The van der Waals surface area contributed by atoms with Gasteiger partial charge in [0.05, 0.1) is 18.8 Å². The fourth-order valence-electron chi connectivity index (χ4n) is 8.08. The van der Waals surface area contributed by atoms with Gasteiger partial charge in [0.1, 0.15) is 34.9 Å². The van der Waals surface area contributed by atoms with Crippen LogP contribution >= 0.6 is 0 Å². The van der Waals surface area contributed by atoms with Gasteiger partial charge in [-0.1, -0.05) is 32.0 Å². The Hall–Kier alpha value is -4.51. The van der Waals surface area contributed by atoms with Crippen molar-refractivity contribution in [1.29, 1.82) is 0 Å². The maximum absolute atomic E-state index is 13.2. The van der Waals surface area contributed by atoms with E-state index in [1.54, 1.807) is 54.9 Å². The molecular weight excluding hydrogens is 606 g/mol. The lowest BCUT2D eigenvalue weighted by molar-refractivity contribution is -0.250. The number of rotatable bonds is 4. The van der Waals surface area contributed by atoms with Gasteiger partial charge in [-0.15, -0.1) is 0 Å². The molecule has 3 heterocycles. The first kappa shape index (κ1) is 33.8. The van der Waals surface area contributed by atoms with Crippen LogP contribution in [-0.2, 0) is 23.8 Å². The van der Waals surface area contributed by atoms with Gasteiger partial charge in [-0.2, -0.15) is 0 Å². The van der Waals surface area contributed by atoms with Crippen molar-refractivity contribution in [2.75, 3.05) is 7.11 Å². The summed E-state index contributed by atoms with van der Waals surface area (Å²) in [5.74, 6) is -1.30. The highest BCUT2D eigenvalue weighted by Crippen LogP contribution is 2.64. The highest BCUT2D eigenvalue weighted by Gasteiger charge is 2.67. The number of nitrogens with zero attached hydrogens (tertiary/aromatic N) is 1. The van der Waals surface area contributed by atoms with Crippen LogP contribution in [0.3, 0.4) is 0 Å². The predicted molar refractivity (Wildman–Crippen MR) is 169 cm³/mol. The SMILES string of the molecule is CC(=O)OC1CCC2(C)C(CC(OC(C)=O)C3(C)Oc4cc(-c5cccnc5)oc(=O)c4C(O)C23)C1C.COC(=O)c1ccccc1. The van der Waals surface area contributed by atoms with Crippen molar-refractivity contribution in [1.82, 2.24) is 4.98 Å². The van der Waals surface area contributed by atoms with Crippen molar-refractivity contribution in [3.05, 3.63) is 82.5 Å². The number of hydrogen-bond donors (Lipinski definition) is 1. The summed E-state index contributed by atoms with van der Waals surface area (Å²) in [7, 11) is 1.37. The van der Waals surface area contributed by atoms with E-state index in [0.29, 0.717) is 30.4 Å². The minimum absolute atomic E-state index is 0.0526. The number of carbonyl (C=O) groups excluding carboxylic acids is 3. The fraction of sp³-hybridized carbons (Fsp3) is 0.472. The molecule has 2 aliphatic carbocycles. The van der Waals surface area contributed by atoms with Crippen LogP contribution in [-0.4, -0.2) is 52.9 Å². The van der Waals surface area contributed by atoms with E-state index in [-0.39, 0.29) is 47.0 Å². The van der Waals surface area contributed by atoms with Crippen LogP contribution in [0.5, 0.6) is 5.75 Å². The van der Waals surface area contributed by atoms with E-state index in [9.17, 15) is 24.3 Å². The summed E-state index contributed by atoms with van der Waals surface area (Å²) in [5.41, 5.74) is -1.04. The van der Waals surface area contributed by atoms with E-state index < -0.39 is 40.7 Å². The minimum Gasteiger partial charge on any atom is -0.482 e. The second kappa shape index (κ2) is 13.3. The Morgan fingerprint density at radius 1 is 1.02 bits per heavy atom. The molecule has 1 aromatic carbocycles. The van der Waals surface area contributed by atoms with E-state index in [0.717, 1.165) is 0 Å². The zero-order valence-corrected chi connectivity index (χ0v) is 27.4. The molecule has 0 amide bonds. The maximum atomic E-state index is 13.2. The number of carbonyl (C=O) groups is 3. The van der Waals surface area contributed by atoms with Crippen molar-refractivity contribution in [3.63, 3.8) is 0 Å². The Morgan fingerprint density at radius 2 is 1.72 bits per heavy atom.